The van der Waals surface area contributed by atoms with Crippen molar-refractivity contribution in [1.29, 1.82) is 0 Å². The Morgan fingerprint density at radius 3 is 2.43 bits per heavy atom. The van der Waals surface area contributed by atoms with Crippen molar-refractivity contribution in [2.75, 3.05) is 14.2 Å². The number of benzene rings is 1. The van der Waals surface area contributed by atoms with Crippen molar-refractivity contribution in [2.24, 2.45) is 14.1 Å². The van der Waals surface area contributed by atoms with Gasteiger partial charge in [0.1, 0.15) is 12.3 Å². The molecule has 1 aromatic carbocycles. The molecule has 10 heteroatoms. The lowest BCUT2D eigenvalue weighted by Crippen LogP contribution is -2.38. The van der Waals surface area contributed by atoms with Gasteiger partial charge in [0, 0.05) is 27.7 Å². The summed E-state index contributed by atoms with van der Waals surface area (Å²) in [6.45, 7) is 0.345. The molecule has 0 bridgehead atoms. The Morgan fingerprint density at radius 2 is 1.82 bits per heavy atom. The van der Waals surface area contributed by atoms with Crippen LogP contribution in [0.15, 0.2) is 38.6 Å². The Kier molecular flexibility index (Phi) is 5.41. The Hall–Kier alpha value is -2.88. The van der Waals surface area contributed by atoms with Crippen LogP contribution in [0, 0.1) is 0 Å². The van der Waals surface area contributed by atoms with E-state index in [1.165, 1.54) is 16.2 Å². The van der Waals surface area contributed by atoms with Gasteiger partial charge in [0.15, 0.2) is 15.9 Å². The minimum Gasteiger partial charge on any atom is -0.497 e. The van der Waals surface area contributed by atoms with Crippen LogP contribution < -0.4 is 16.0 Å². The predicted molar refractivity (Wildman–Crippen MR) is 107 cm³/mol. The number of amides is 1. The van der Waals surface area contributed by atoms with Gasteiger partial charge in [0.25, 0.3) is 5.56 Å². The van der Waals surface area contributed by atoms with Crippen LogP contribution in [0.2, 0.25) is 0 Å². The van der Waals surface area contributed by atoms with Gasteiger partial charge in [0.2, 0.25) is 5.91 Å². The lowest BCUT2D eigenvalue weighted by molar-refractivity contribution is -0.131. The molecule has 3 aromatic rings. The van der Waals surface area contributed by atoms with E-state index in [0.717, 1.165) is 15.9 Å². The summed E-state index contributed by atoms with van der Waals surface area (Å²) in [5, 5.41) is 0. The molecule has 2 aromatic heterocycles. The molecule has 0 saturated heterocycles. The summed E-state index contributed by atoms with van der Waals surface area (Å²) < 4.78 is 9.26. The predicted octanol–water partition coefficient (Wildman–Crippen LogP) is 0.863. The van der Waals surface area contributed by atoms with E-state index in [1.54, 1.807) is 26.1 Å². The zero-order valence-corrected chi connectivity index (χ0v) is 17.6. The molecule has 0 radical (unpaired) electrons. The van der Waals surface area contributed by atoms with Gasteiger partial charge < -0.3 is 9.64 Å². The largest absolute Gasteiger partial charge is 0.497 e. The fourth-order valence-electron chi connectivity index (χ4n) is 2.95. The third-order valence-corrected chi connectivity index (χ3v) is 5.20. The molecule has 0 aliphatic carbocycles. The molecule has 0 aliphatic rings. The summed E-state index contributed by atoms with van der Waals surface area (Å²) in [5.41, 5.74) is 0.391. The van der Waals surface area contributed by atoms with E-state index < -0.39 is 11.2 Å². The molecule has 0 spiro atoms. The topological polar surface area (TPSA) is 91.4 Å². The highest BCUT2D eigenvalue weighted by Gasteiger charge is 2.20. The van der Waals surface area contributed by atoms with Gasteiger partial charge >= 0.3 is 5.69 Å². The quantitative estimate of drug-likeness (QED) is 0.538. The number of likely N-dealkylation sites (N-methyl/N-ethyl adjacent to an activating group) is 1. The summed E-state index contributed by atoms with van der Waals surface area (Å²) in [6.07, 6.45) is 0. The van der Waals surface area contributed by atoms with Crippen molar-refractivity contribution >= 4 is 33.0 Å². The first-order valence-corrected chi connectivity index (χ1v) is 9.22. The average molecular weight is 450 g/mol. The number of aryl methyl sites for hydroxylation is 1. The maximum absolute atomic E-state index is 12.7. The van der Waals surface area contributed by atoms with Crippen molar-refractivity contribution in [3.8, 4) is 5.75 Å². The van der Waals surface area contributed by atoms with Crippen LogP contribution in [-0.4, -0.2) is 43.6 Å². The van der Waals surface area contributed by atoms with Crippen LogP contribution in [-0.2, 0) is 32.0 Å². The van der Waals surface area contributed by atoms with E-state index in [-0.39, 0.29) is 18.0 Å². The number of fused-ring (bicyclic) bond motifs is 1. The molecule has 28 heavy (non-hydrogen) atoms. The highest BCUT2D eigenvalue weighted by Crippen LogP contribution is 2.17. The molecule has 0 fully saturated rings. The number of rotatable bonds is 5. The van der Waals surface area contributed by atoms with Gasteiger partial charge in [-0.25, -0.2) is 9.78 Å². The highest BCUT2D eigenvalue weighted by atomic mass is 79.9. The van der Waals surface area contributed by atoms with Gasteiger partial charge in [-0.1, -0.05) is 12.1 Å². The van der Waals surface area contributed by atoms with Crippen molar-refractivity contribution in [3.05, 3.63) is 55.4 Å². The zero-order valence-electron chi connectivity index (χ0n) is 16.0. The smallest absolute Gasteiger partial charge is 0.332 e. The number of imidazole rings is 1. The fourth-order valence-corrected chi connectivity index (χ4v) is 3.42. The minimum atomic E-state index is -0.503. The number of nitrogens with zero attached hydrogens (tertiary/aromatic N) is 5. The van der Waals surface area contributed by atoms with Crippen LogP contribution in [0.5, 0.6) is 5.75 Å². The van der Waals surface area contributed by atoms with Gasteiger partial charge in [-0.05, 0) is 33.6 Å². The third-order valence-electron chi connectivity index (χ3n) is 4.59. The fraction of sp³-hybridized carbons (Fsp3) is 0.333. The maximum Gasteiger partial charge on any atom is 0.332 e. The van der Waals surface area contributed by atoms with Gasteiger partial charge in [-0.2, -0.15) is 0 Å². The van der Waals surface area contributed by atoms with E-state index in [9.17, 15) is 14.4 Å². The van der Waals surface area contributed by atoms with E-state index in [4.69, 9.17) is 4.74 Å². The molecule has 0 atom stereocenters. The minimum absolute atomic E-state index is 0.0653. The van der Waals surface area contributed by atoms with Crippen LogP contribution >= 0.6 is 15.9 Å². The van der Waals surface area contributed by atoms with Crippen LogP contribution in [0.1, 0.15) is 5.56 Å². The molecular weight excluding hydrogens is 430 g/mol. The molecular formula is C18H20BrN5O4. The number of carbonyl (C=O) groups excluding carboxylic acids is 1. The second-order valence-corrected chi connectivity index (χ2v) is 7.15. The Morgan fingerprint density at radius 1 is 1.18 bits per heavy atom. The standard InChI is InChI=1S/C18H20BrN5O4/c1-21(9-11-5-7-12(28-4)8-6-11)13(25)10-24-15-14(20-17(24)19)16(26)23(3)18(27)22(15)2/h5-8H,9-10H2,1-4H3. The second kappa shape index (κ2) is 7.63. The zero-order chi connectivity index (χ0) is 20.6. The SMILES string of the molecule is COc1ccc(CN(C)C(=O)Cn2c(Br)nc3c(=O)n(C)c(=O)n(C)c32)cc1. The van der Waals surface area contributed by atoms with Gasteiger partial charge in [-0.3, -0.25) is 23.3 Å². The summed E-state index contributed by atoms with van der Waals surface area (Å²) in [7, 11) is 6.22. The van der Waals surface area contributed by atoms with Crippen molar-refractivity contribution in [1.82, 2.24) is 23.6 Å². The molecule has 2 heterocycles. The Bertz CT molecular complexity index is 1160. The molecule has 0 saturated carbocycles. The molecule has 1 amide bonds. The molecule has 0 aliphatic heterocycles. The highest BCUT2D eigenvalue weighted by molar-refractivity contribution is 9.10. The number of methoxy groups -OCH3 is 1. The van der Waals surface area contributed by atoms with E-state index in [1.807, 2.05) is 24.3 Å². The number of ether oxygens (including phenoxy) is 1. The Balaban J connectivity index is 1.89. The first-order chi connectivity index (χ1) is 13.2. The van der Waals surface area contributed by atoms with Crippen molar-refractivity contribution in [2.45, 2.75) is 13.1 Å². The van der Waals surface area contributed by atoms with Crippen molar-refractivity contribution in [3.63, 3.8) is 0 Å². The van der Waals surface area contributed by atoms with Crippen molar-refractivity contribution < 1.29 is 9.53 Å². The number of hydrogen-bond acceptors (Lipinski definition) is 5. The van der Waals surface area contributed by atoms with E-state index in [2.05, 4.69) is 20.9 Å². The lowest BCUT2D eigenvalue weighted by atomic mass is 10.2. The van der Waals surface area contributed by atoms with Crippen LogP contribution in [0.25, 0.3) is 11.2 Å². The number of carbonyl (C=O) groups is 1. The summed E-state index contributed by atoms with van der Waals surface area (Å²) >= 11 is 3.29. The maximum atomic E-state index is 12.7. The molecule has 0 N–H and O–H groups in total. The molecule has 148 valence electrons. The van der Waals surface area contributed by atoms with Gasteiger partial charge in [-0.15, -0.1) is 0 Å². The first kappa shape index (κ1) is 19.9. The molecule has 9 nitrogen and oxygen atoms in total. The summed E-state index contributed by atoms with van der Waals surface area (Å²) in [6, 6.07) is 7.44. The normalized spacial score (nSPS) is 11.0. The second-order valence-electron chi connectivity index (χ2n) is 6.44. The van der Waals surface area contributed by atoms with E-state index in [0.29, 0.717) is 16.9 Å². The summed E-state index contributed by atoms with van der Waals surface area (Å²) in [5.74, 6) is 0.554. The van der Waals surface area contributed by atoms with Crippen LogP contribution in [0.4, 0.5) is 0 Å². The first-order valence-electron chi connectivity index (χ1n) is 8.43. The number of halogens is 1. The monoisotopic (exact) mass is 449 g/mol. The number of hydrogen-bond donors (Lipinski definition) is 0. The van der Waals surface area contributed by atoms with Crippen LogP contribution in [0.3, 0.4) is 0 Å². The third kappa shape index (κ3) is 3.47. The van der Waals surface area contributed by atoms with E-state index >= 15 is 0 Å². The average Bonchev–Trinajstić information content (AvgIpc) is 3.01. The Labute approximate surface area is 168 Å². The summed E-state index contributed by atoms with van der Waals surface area (Å²) in [4.78, 5) is 43.1. The lowest BCUT2D eigenvalue weighted by Gasteiger charge is -2.18. The van der Waals surface area contributed by atoms with Gasteiger partial charge in [0.05, 0.1) is 7.11 Å². The molecule has 3 rings (SSSR count). The number of aromatic nitrogens is 4. The molecule has 0 unspecified atom stereocenters.